The van der Waals surface area contributed by atoms with Gasteiger partial charge in [-0.25, -0.2) is 4.39 Å². The molecule has 1 aliphatic heterocycles. The van der Waals surface area contributed by atoms with Gasteiger partial charge in [0.25, 0.3) is 0 Å². The molecule has 1 amide bonds. The Hall–Kier alpha value is -4.64. The molecule has 0 radical (unpaired) electrons. The van der Waals surface area contributed by atoms with Crippen LogP contribution in [0.5, 0.6) is 11.5 Å². The molecule has 0 saturated heterocycles. The summed E-state index contributed by atoms with van der Waals surface area (Å²) in [7, 11) is 0. The van der Waals surface area contributed by atoms with Crippen LogP contribution in [-0.4, -0.2) is 17.6 Å². The average molecular weight is 478 g/mol. The number of carbonyl (C=O) groups excluding carboxylic acids is 1. The zero-order valence-corrected chi connectivity index (χ0v) is 19.4. The van der Waals surface area contributed by atoms with Crippen LogP contribution in [0.25, 0.3) is 17.2 Å². The Bertz CT molecular complexity index is 1440. The smallest absolute Gasteiger partial charge is 0.248 e. The first-order valence-electron chi connectivity index (χ1n) is 11.7. The maximum atomic E-state index is 14.0. The summed E-state index contributed by atoms with van der Waals surface area (Å²) in [5.74, 6) is 0.135. The summed E-state index contributed by atoms with van der Waals surface area (Å²) < 4.78 is 19.9. The van der Waals surface area contributed by atoms with E-state index in [1.165, 1.54) is 18.2 Å². The first-order chi connectivity index (χ1) is 17.6. The number of nitrogens with one attached hydrogen (secondary N) is 1. The molecule has 5 heteroatoms. The highest BCUT2D eigenvalue weighted by Crippen LogP contribution is 2.41. The van der Waals surface area contributed by atoms with E-state index in [0.717, 1.165) is 39.1 Å². The Morgan fingerprint density at radius 1 is 0.889 bits per heavy atom. The monoisotopic (exact) mass is 477 g/mol. The number of phenols is 1. The van der Waals surface area contributed by atoms with Gasteiger partial charge in [-0.2, -0.15) is 0 Å². The van der Waals surface area contributed by atoms with Gasteiger partial charge < -0.3 is 15.2 Å². The number of fused-ring (bicyclic) bond motifs is 1. The molecule has 4 aromatic rings. The fourth-order valence-electron chi connectivity index (χ4n) is 4.29. The first kappa shape index (κ1) is 23.1. The molecule has 0 aliphatic carbocycles. The fraction of sp³-hybridized carbons (Fsp3) is 0.0645. The molecular weight excluding hydrogens is 453 g/mol. The van der Waals surface area contributed by atoms with Crippen LogP contribution in [0.2, 0.25) is 0 Å². The quantitative estimate of drug-likeness (QED) is 0.307. The second kappa shape index (κ2) is 10.3. The van der Waals surface area contributed by atoms with Crippen molar-refractivity contribution in [3.05, 3.63) is 131 Å². The van der Waals surface area contributed by atoms with Crippen LogP contribution in [-0.2, 0) is 4.79 Å². The van der Waals surface area contributed by atoms with E-state index in [2.05, 4.69) is 5.32 Å². The number of benzene rings is 4. The van der Waals surface area contributed by atoms with Crippen molar-refractivity contribution in [2.45, 2.75) is 6.42 Å². The molecule has 0 spiro atoms. The minimum Gasteiger partial charge on any atom is -0.508 e. The van der Waals surface area contributed by atoms with E-state index in [-0.39, 0.29) is 17.5 Å². The van der Waals surface area contributed by atoms with Crippen molar-refractivity contribution >= 4 is 28.8 Å². The van der Waals surface area contributed by atoms with Crippen molar-refractivity contribution in [2.24, 2.45) is 0 Å². The maximum absolute atomic E-state index is 14.0. The molecule has 2 N–H and O–H groups in total. The van der Waals surface area contributed by atoms with Crippen molar-refractivity contribution in [1.82, 2.24) is 0 Å². The summed E-state index contributed by atoms with van der Waals surface area (Å²) in [6.07, 6.45) is 3.88. The van der Waals surface area contributed by atoms with Crippen molar-refractivity contribution < 1.29 is 19.0 Å². The van der Waals surface area contributed by atoms with Crippen molar-refractivity contribution in [3.8, 4) is 11.5 Å². The summed E-state index contributed by atoms with van der Waals surface area (Å²) in [5, 5.41) is 12.6. The minimum absolute atomic E-state index is 0.195. The highest BCUT2D eigenvalue weighted by molar-refractivity contribution is 6.02. The van der Waals surface area contributed by atoms with Crippen molar-refractivity contribution in [2.75, 3.05) is 11.9 Å². The third-order valence-electron chi connectivity index (χ3n) is 6.01. The molecule has 0 unspecified atom stereocenters. The summed E-state index contributed by atoms with van der Waals surface area (Å²) in [4.78, 5) is 12.3. The van der Waals surface area contributed by atoms with Gasteiger partial charge in [0.2, 0.25) is 5.91 Å². The third-order valence-corrected chi connectivity index (χ3v) is 6.01. The number of aromatic hydroxyl groups is 1. The van der Waals surface area contributed by atoms with Crippen LogP contribution in [0.1, 0.15) is 28.7 Å². The Morgan fingerprint density at radius 3 is 2.36 bits per heavy atom. The van der Waals surface area contributed by atoms with Crippen LogP contribution in [0.4, 0.5) is 10.1 Å². The lowest BCUT2D eigenvalue weighted by molar-refractivity contribution is -0.111. The number of rotatable bonds is 5. The molecule has 0 bridgehead atoms. The number of carbonyl (C=O) groups is 1. The normalized spacial score (nSPS) is 13.1. The second-order valence-corrected chi connectivity index (χ2v) is 8.45. The van der Waals surface area contributed by atoms with Crippen LogP contribution in [0.3, 0.4) is 0 Å². The number of para-hydroxylation sites is 1. The molecule has 0 saturated carbocycles. The van der Waals surface area contributed by atoms with Gasteiger partial charge in [0.1, 0.15) is 17.3 Å². The SMILES string of the molecule is O=C(C=Cc1ccc(C2=C(c3ccc(O)cc3)CCOc3cc(F)ccc32)cc1)Nc1ccccc1. The number of halogens is 1. The summed E-state index contributed by atoms with van der Waals surface area (Å²) >= 11 is 0. The zero-order chi connectivity index (χ0) is 24.9. The standard InChI is InChI=1S/C31H24FNO3/c32-24-13-16-28-29(20-24)36-19-18-27(22-11-14-26(34)15-12-22)31(28)23-9-6-21(7-10-23)8-17-30(35)33-25-4-2-1-3-5-25/h1-17,20,34H,18-19H2,(H,33,35). The molecular formula is C31H24FNO3. The minimum atomic E-state index is -0.351. The lowest BCUT2D eigenvalue weighted by Gasteiger charge is -2.15. The van der Waals surface area contributed by atoms with E-state index < -0.39 is 0 Å². The van der Waals surface area contributed by atoms with E-state index in [9.17, 15) is 14.3 Å². The van der Waals surface area contributed by atoms with Crippen LogP contribution < -0.4 is 10.1 Å². The van der Waals surface area contributed by atoms with Gasteiger partial charge in [0.15, 0.2) is 0 Å². The van der Waals surface area contributed by atoms with Gasteiger partial charge in [-0.3, -0.25) is 4.79 Å². The maximum Gasteiger partial charge on any atom is 0.248 e. The Balaban J connectivity index is 1.49. The number of hydrogen-bond acceptors (Lipinski definition) is 3. The fourth-order valence-corrected chi connectivity index (χ4v) is 4.29. The second-order valence-electron chi connectivity index (χ2n) is 8.45. The molecule has 0 fully saturated rings. The molecule has 4 aromatic carbocycles. The summed E-state index contributed by atoms with van der Waals surface area (Å²) in [5.41, 5.74) is 6.33. The molecule has 0 atom stereocenters. The van der Waals surface area contributed by atoms with Gasteiger partial charge in [0, 0.05) is 29.8 Å². The largest absolute Gasteiger partial charge is 0.508 e. The zero-order valence-electron chi connectivity index (χ0n) is 19.4. The number of anilines is 1. The molecule has 5 rings (SSSR count). The Morgan fingerprint density at radius 2 is 1.61 bits per heavy atom. The molecule has 0 aromatic heterocycles. The molecule has 4 nitrogen and oxygen atoms in total. The summed E-state index contributed by atoms with van der Waals surface area (Å²) in [6, 6.07) is 28.8. The lowest BCUT2D eigenvalue weighted by Crippen LogP contribution is -2.07. The predicted molar refractivity (Wildman–Crippen MR) is 141 cm³/mol. The van der Waals surface area contributed by atoms with E-state index in [0.29, 0.717) is 18.8 Å². The number of hydrogen-bond donors (Lipinski definition) is 2. The highest BCUT2D eigenvalue weighted by atomic mass is 19.1. The third kappa shape index (κ3) is 5.20. The molecule has 36 heavy (non-hydrogen) atoms. The Labute approximate surface area is 209 Å². The van der Waals surface area contributed by atoms with Crippen molar-refractivity contribution in [3.63, 3.8) is 0 Å². The van der Waals surface area contributed by atoms with Crippen LogP contribution in [0, 0.1) is 5.82 Å². The average Bonchev–Trinajstić information content (AvgIpc) is 3.08. The van der Waals surface area contributed by atoms with Crippen molar-refractivity contribution in [1.29, 1.82) is 0 Å². The lowest BCUT2D eigenvalue weighted by atomic mass is 9.88. The topological polar surface area (TPSA) is 58.6 Å². The van der Waals surface area contributed by atoms with E-state index >= 15 is 0 Å². The summed E-state index contributed by atoms with van der Waals surface area (Å²) in [6.45, 7) is 0.410. The van der Waals surface area contributed by atoms with Gasteiger partial charge in [-0.1, -0.05) is 54.6 Å². The van der Waals surface area contributed by atoms with Gasteiger partial charge in [-0.05, 0) is 70.3 Å². The van der Waals surface area contributed by atoms with Crippen LogP contribution in [0.15, 0.2) is 103 Å². The number of phenolic OH excluding ortho intramolecular Hbond substituents is 1. The Kier molecular flexibility index (Phi) is 6.63. The van der Waals surface area contributed by atoms with E-state index in [1.807, 2.05) is 66.7 Å². The van der Waals surface area contributed by atoms with Crippen LogP contribution >= 0.6 is 0 Å². The molecule has 1 aliphatic rings. The highest BCUT2D eigenvalue weighted by Gasteiger charge is 2.21. The predicted octanol–water partition coefficient (Wildman–Crippen LogP) is 6.92. The number of ether oxygens (including phenoxy) is 1. The van der Waals surface area contributed by atoms with Gasteiger partial charge in [0.05, 0.1) is 6.61 Å². The molecule has 1 heterocycles. The van der Waals surface area contributed by atoms with Gasteiger partial charge >= 0.3 is 0 Å². The first-order valence-corrected chi connectivity index (χ1v) is 11.7. The molecule has 178 valence electrons. The van der Waals surface area contributed by atoms with E-state index in [4.69, 9.17) is 4.74 Å². The number of amides is 1. The van der Waals surface area contributed by atoms with Gasteiger partial charge in [-0.15, -0.1) is 0 Å². The van der Waals surface area contributed by atoms with E-state index in [1.54, 1.807) is 24.3 Å².